The molecule has 1 aromatic rings. The van der Waals surface area contributed by atoms with E-state index in [1.165, 1.54) is 31.2 Å². The highest BCUT2D eigenvalue weighted by Gasteiger charge is 2.46. The van der Waals surface area contributed by atoms with Crippen molar-refractivity contribution in [2.45, 2.75) is 37.6 Å². The Morgan fingerprint density at radius 2 is 2.28 bits per heavy atom. The van der Waals surface area contributed by atoms with Gasteiger partial charge in [-0.25, -0.2) is 0 Å². The number of halogens is 1. The van der Waals surface area contributed by atoms with Gasteiger partial charge in [0.25, 0.3) is 0 Å². The average molecular weight is 266 g/mol. The summed E-state index contributed by atoms with van der Waals surface area (Å²) in [5.41, 5.74) is 1.55. The molecule has 1 heterocycles. The molecule has 18 heavy (non-hydrogen) atoms. The van der Waals surface area contributed by atoms with E-state index in [9.17, 15) is 0 Å². The fraction of sp³-hybridized carbons (Fsp3) is 0.600. The molecule has 0 radical (unpaired) electrons. The lowest BCUT2D eigenvalue weighted by Gasteiger charge is -2.30. The van der Waals surface area contributed by atoms with Crippen LogP contribution in [0.1, 0.15) is 31.2 Å². The van der Waals surface area contributed by atoms with Crippen LogP contribution in [-0.4, -0.2) is 19.2 Å². The van der Waals surface area contributed by atoms with Gasteiger partial charge in [0.15, 0.2) is 0 Å². The third kappa shape index (κ3) is 2.24. The number of nitrogens with one attached hydrogen (secondary N) is 1. The molecule has 1 saturated carbocycles. The van der Waals surface area contributed by atoms with E-state index < -0.39 is 0 Å². The van der Waals surface area contributed by atoms with Gasteiger partial charge in [-0.3, -0.25) is 0 Å². The lowest BCUT2D eigenvalue weighted by Crippen LogP contribution is -2.44. The SMILES string of the molecule is COc1ccc(Cl)cc1CC1(C2CC2)CCCN1. The van der Waals surface area contributed by atoms with E-state index in [0.29, 0.717) is 5.54 Å². The van der Waals surface area contributed by atoms with E-state index in [1.807, 2.05) is 12.1 Å². The second-order valence-corrected chi connectivity index (χ2v) is 6.03. The third-order valence-electron chi connectivity index (χ3n) is 4.38. The summed E-state index contributed by atoms with van der Waals surface area (Å²) in [6.07, 6.45) is 6.36. The van der Waals surface area contributed by atoms with Gasteiger partial charge in [0, 0.05) is 10.6 Å². The summed E-state index contributed by atoms with van der Waals surface area (Å²) < 4.78 is 5.47. The van der Waals surface area contributed by atoms with Crippen LogP contribution in [0.3, 0.4) is 0 Å². The molecule has 1 atom stereocenters. The second kappa shape index (κ2) is 4.75. The van der Waals surface area contributed by atoms with Crippen molar-refractivity contribution in [2.24, 2.45) is 5.92 Å². The van der Waals surface area contributed by atoms with E-state index >= 15 is 0 Å². The van der Waals surface area contributed by atoms with Crippen LogP contribution in [0.4, 0.5) is 0 Å². The Balaban J connectivity index is 1.88. The topological polar surface area (TPSA) is 21.3 Å². The Bertz CT molecular complexity index is 436. The van der Waals surface area contributed by atoms with Gasteiger partial charge in [0.1, 0.15) is 5.75 Å². The maximum atomic E-state index is 6.12. The summed E-state index contributed by atoms with van der Waals surface area (Å²) in [6, 6.07) is 5.94. The van der Waals surface area contributed by atoms with Crippen molar-refractivity contribution >= 4 is 11.6 Å². The standard InChI is InChI=1S/C15H20ClNO/c1-18-14-6-5-13(16)9-11(14)10-15(12-3-4-12)7-2-8-17-15/h5-6,9,12,17H,2-4,7-8,10H2,1H3. The van der Waals surface area contributed by atoms with Crippen LogP contribution < -0.4 is 10.1 Å². The van der Waals surface area contributed by atoms with Crippen molar-refractivity contribution < 1.29 is 4.74 Å². The van der Waals surface area contributed by atoms with Crippen LogP contribution >= 0.6 is 11.6 Å². The second-order valence-electron chi connectivity index (χ2n) is 5.59. The lowest BCUT2D eigenvalue weighted by atomic mass is 9.84. The summed E-state index contributed by atoms with van der Waals surface area (Å²) in [7, 11) is 1.73. The first-order chi connectivity index (χ1) is 8.73. The minimum absolute atomic E-state index is 0.304. The lowest BCUT2D eigenvalue weighted by molar-refractivity contribution is 0.316. The normalized spacial score (nSPS) is 27.4. The van der Waals surface area contributed by atoms with Crippen LogP contribution in [0.25, 0.3) is 0 Å². The maximum absolute atomic E-state index is 6.12. The number of methoxy groups -OCH3 is 1. The number of rotatable bonds is 4. The predicted octanol–water partition coefficient (Wildman–Crippen LogP) is 3.42. The number of hydrogen-bond donors (Lipinski definition) is 1. The number of ether oxygens (including phenoxy) is 1. The zero-order valence-electron chi connectivity index (χ0n) is 10.8. The molecule has 1 aromatic carbocycles. The molecule has 3 rings (SSSR count). The molecule has 2 fully saturated rings. The molecule has 2 aliphatic rings. The molecular formula is C15H20ClNO. The summed E-state index contributed by atoms with van der Waals surface area (Å²) in [4.78, 5) is 0. The van der Waals surface area contributed by atoms with Gasteiger partial charge in [0.2, 0.25) is 0 Å². The monoisotopic (exact) mass is 265 g/mol. The molecule has 3 heteroatoms. The van der Waals surface area contributed by atoms with Crippen molar-refractivity contribution in [3.8, 4) is 5.75 Å². The minimum Gasteiger partial charge on any atom is -0.496 e. The average Bonchev–Trinajstić information content (AvgIpc) is 3.12. The molecule has 2 nitrogen and oxygen atoms in total. The smallest absolute Gasteiger partial charge is 0.122 e. The summed E-state index contributed by atoms with van der Waals surface area (Å²) in [5.74, 6) is 1.82. The van der Waals surface area contributed by atoms with Gasteiger partial charge < -0.3 is 10.1 Å². The number of benzene rings is 1. The van der Waals surface area contributed by atoms with Crippen molar-refractivity contribution in [2.75, 3.05) is 13.7 Å². The molecule has 0 amide bonds. The van der Waals surface area contributed by atoms with Crippen LogP contribution in [0, 0.1) is 5.92 Å². The summed E-state index contributed by atoms with van der Waals surface area (Å²) in [5, 5.41) is 4.55. The van der Waals surface area contributed by atoms with Gasteiger partial charge in [0.05, 0.1) is 7.11 Å². The van der Waals surface area contributed by atoms with Crippen molar-refractivity contribution in [3.63, 3.8) is 0 Å². The molecular weight excluding hydrogens is 246 g/mol. The van der Waals surface area contributed by atoms with Crippen LogP contribution in [0.2, 0.25) is 5.02 Å². The largest absolute Gasteiger partial charge is 0.496 e. The Morgan fingerprint density at radius 3 is 2.89 bits per heavy atom. The first-order valence-electron chi connectivity index (χ1n) is 6.81. The zero-order chi connectivity index (χ0) is 12.6. The molecule has 0 aromatic heterocycles. The highest BCUT2D eigenvalue weighted by Crippen LogP contribution is 2.46. The fourth-order valence-electron chi connectivity index (χ4n) is 3.33. The minimum atomic E-state index is 0.304. The molecule has 1 saturated heterocycles. The molecule has 1 N–H and O–H groups in total. The van der Waals surface area contributed by atoms with Crippen LogP contribution in [-0.2, 0) is 6.42 Å². The molecule has 1 unspecified atom stereocenters. The molecule has 0 bridgehead atoms. The summed E-state index contributed by atoms with van der Waals surface area (Å²) >= 11 is 6.12. The van der Waals surface area contributed by atoms with Crippen LogP contribution in [0.15, 0.2) is 18.2 Å². The van der Waals surface area contributed by atoms with E-state index in [0.717, 1.165) is 29.7 Å². The van der Waals surface area contributed by atoms with E-state index in [2.05, 4.69) is 11.4 Å². The predicted molar refractivity (Wildman–Crippen MR) is 74.4 cm³/mol. The van der Waals surface area contributed by atoms with Crippen molar-refractivity contribution in [1.29, 1.82) is 0 Å². The Kier molecular flexibility index (Phi) is 3.25. The van der Waals surface area contributed by atoms with E-state index in [1.54, 1.807) is 7.11 Å². The van der Waals surface area contributed by atoms with Gasteiger partial charge in [-0.05, 0) is 68.3 Å². The van der Waals surface area contributed by atoms with Gasteiger partial charge in [-0.15, -0.1) is 0 Å². The highest BCUT2D eigenvalue weighted by atomic mass is 35.5. The first kappa shape index (κ1) is 12.3. The maximum Gasteiger partial charge on any atom is 0.122 e. The third-order valence-corrected chi connectivity index (χ3v) is 4.62. The fourth-order valence-corrected chi connectivity index (χ4v) is 3.53. The number of hydrogen-bond acceptors (Lipinski definition) is 2. The van der Waals surface area contributed by atoms with E-state index in [-0.39, 0.29) is 0 Å². The summed E-state index contributed by atoms with van der Waals surface area (Å²) in [6.45, 7) is 1.15. The highest BCUT2D eigenvalue weighted by molar-refractivity contribution is 6.30. The van der Waals surface area contributed by atoms with Gasteiger partial charge in [-0.1, -0.05) is 11.6 Å². The Labute approximate surface area is 114 Å². The van der Waals surface area contributed by atoms with Gasteiger partial charge in [-0.2, -0.15) is 0 Å². The van der Waals surface area contributed by atoms with Crippen molar-refractivity contribution in [1.82, 2.24) is 5.32 Å². The quantitative estimate of drug-likeness (QED) is 0.901. The molecule has 1 aliphatic heterocycles. The molecule has 98 valence electrons. The molecule has 1 aliphatic carbocycles. The Hall–Kier alpha value is -0.730. The van der Waals surface area contributed by atoms with Gasteiger partial charge >= 0.3 is 0 Å². The van der Waals surface area contributed by atoms with E-state index in [4.69, 9.17) is 16.3 Å². The molecule has 0 spiro atoms. The Morgan fingerprint density at radius 1 is 1.44 bits per heavy atom. The van der Waals surface area contributed by atoms with Crippen molar-refractivity contribution in [3.05, 3.63) is 28.8 Å². The van der Waals surface area contributed by atoms with Crippen LogP contribution in [0.5, 0.6) is 5.75 Å². The zero-order valence-corrected chi connectivity index (χ0v) is 11.6. The first-order valence-corrected chi connectivity index (χ1v) is 7.19.